The molecule has 0 amide bonds. The third-order valence-corrected chi connectivity index (χ3v) is 2.64. The van der Waals surface area contributed by atoms with E-state index in [-0.39, 0.29) is 0 Å². The van der Waals surface area contributed by atoms with Crippen molar-refractivity contribution in [2.24, 2.45) is 10.7 Å². The highest BCUT2D eigenvalue weighted by Gasteiger charge is 2.00. The Morgan fingerprint density at radius 3 is 2.61 bits per heavy atom. The zero-order valence-electron chi connectivity index (χ0n) is 11.2. The Morgan fingerprint density at radius 2 is 2.00 bits per heavy atom. The molecule has 0 unspecified atom stereocenters. The Kier molecular flexibility index (Phi) is 5.77. The van der Waals surface area contributed by atoms with Crippen molar-refractivity contribution in [3.63, 3.8) is 0 Å². The summed E-state index contributed by atoms with van der Waals surface area (Å²) in [6, 6.07) is 8.32. The van der Waals surface area contributed by atoms with Crippen LogP contribution in [-0.2, 0) is 13.0 Å². The number of nitrogens with zero attached hydrogens (tertiary/aromatic N) is 1. The van der Waals surface area contributed by atoms with Crippen LogP contribution in [0.2, 0.25) is 0 Å². The van der Waals surface area contributed by atoms with Crippen molar-refractivity contribution < 1.29 is 0 Å². The highest BCUT2D eigenvalue weighted by molar-refractivity contribution is 5.79. The summed E-state index contributed by atoms with van der Waals surface area (Å²) < 4.78 is 0. The van der Waals surface area contributed by atoms with Crippen molar-refractivity contribution in [3.8, 4) is 0 Å². The van der Waals surface area contributed by atoms with Gasteiger partial charge in [-0.05, 0) is 17.5 Å². The third-order valence-electron chi connectivity index (χ3n) is 2.64. The van der Waals surface area contributed by atoms with Gasteiger partial charge in [0.15, 0.2) is 5.96 Å². The van der Waals surface area contributed by atoms with Crippen molar-refractivity contribution in [1.82, 2.24) is 10.6 Å². The smallest absolute Gasteiger partial charge is 0.194 e. The van der Waals surface area contributed by atoms with Crippen LogP contribution in [0.1, 0.15) is 24.5 Å². The topological polar surface area (TPSA) is 62.4 Å². The maximum atomic E-state index is 5.76. The highest BCUT2D eigenvalue weighted by atomic mass is 15.2. The number of rotatable bonds is 6. The molecule has 0 bridgehead atoms. The molecule has 1 rings (SSSR count). The minimum atomic E-state index is 0.376. The second-order valence-electron chi connectivity index (χ2n) is 4.07. The predicted octanol–water partition coefficient (Wildman–Crippen LogP) is 1.73. The molecule has 0 saturated carbocycles. The summed E-state index contributed by atoms with van der Waals surface area (Å²) >= 11 is 0. The summed E-state index contributed by atoms with van der Waals surface area (Å²) in [7, 11) is 1.78. The average molecular weight is 246 g/mol. The summed E-state index contributed by atoms with van der Waals surface area (Å²) in [6.45, 7) is 6.49. The van der Waals surface area contributed by atoms with Crippen molar-refractivity contribution in [2.45, 2.75) is 26.3 Å². The van der Waals surface area contributed by atoms with Gasteiger partial charge in [0.05, 0.1) is 12.4 Å². The molecule has 4 N–H and O–H groups in total. The van der Waals surface area contributed by atoms with Crippen LogP contribution in [0.3, 0.4) is 0 Å². The van der Waals surface area contributed by atoms with E-state index in [0.29, 0.717) is 18.3 Å². The lowest BCUT2D eigenvalue weighted by molar-refractivity contribution is 0.873. The van der Waals surface area contributed by atoms with Crippen LogP contribution in [0.5, 0.6) is 0 Å². The van der Waals surface area contributed by atoms with E-state index >= 15 is 0 Å². The van der Waals surface area contributed by atoms with Gasteiger partial charge >= 0.3 is 0 Å². The molecular weight excluding hydrogens is 224 g/mol. The number of guanidine groups is 1. The monoisotopic (exact) mass is 246 g/mol. The lowest BCUT2D eigenvalue weighted by Gasteiger charge is -2.09. The van der Waals surface area contributed by atoms with E-state index < -0.39 is 0 Å². The van der Waals surface area contributed by atoms with Gasteiger partial charge < -0.3 is 16.4 Å². The molecule has 0 fully saturated rings. The van der Waals surface area contributed by atoms with Crippen LogP contribution in [0, 0.1) is 0 Å². The van der Waals surface area contributed by atoms with Crippen molar-refractivity contribution in [1.29, 1.82) is 0 Å². The van der Waals surface area contributed by atoms with Gasteiger partial charge in [0.25, 0.3) is 0 Å². The first kappa shape index (κ1) is 14.1. The molecule has 0 radical (unpaired) electrons. The summed E-state index contributed by atoms with van der Waals surface area (Å²) in [4.78, 5) is 4.31. The fourth-order valence-electron chi connectivity index (χ4n) is 1.65. The Morgan fingerprint density at radius 1 is 1.33 bits per heavy atom. The Hall–Kier alpha value is -1.97. The normalized spacial score (nSPS) is 11.1. The third kappa shape index (κ3) is 4.49. The summed E-state index contributed by atoms with van der Waals surface area (Å²) in [5, 5.41) is 5.73. The van der Waals surface area contributed by atoms with Crippen LogP contribution < -0.4 is 16.4 Å². The largest absolute Gasteiger partial charge is 0.375 e. The molecule has 0 saturated heterocycles. The Bertz CT molecular complexity index is 424. The number of nitrogens with one attached hydrogen (secondary N) is 2. The van der Waals surface area contributed by atoms with E-state index in [0.717, 1.165) is 12.8 Å². The van der Waals surface area contributed by atoms with Crippen molar-refractivity contribution in [2.75, 3.05) is 7.05 Å². The standard InChI is InChI=1S/C14H22N4/c1-4-7-12-8-5-6-9-13(12)10-17-14(15)18-11(2)16-3/h5-6,8-9,16H,2,4,7,10H2,1,3H3,(H3,15,17,18). The van der Waals surface area contributed by atoms with Gasteiger partial charge in [-0.15, -0.1) is 0 Å². The van der Waals surface area contributed by atoms with Gasteiger partial charge in [0, 0.05) is 7.05 Å². The number of hydrogen-bond acceptors (Lipinski definition) is 2. The zero-order chi connectivity index (χ0) is 13.4. The Labute approximate surface area is 109 Å². The summed E-state index contributed by atoms with van der Waals surface area (Å²) in [6.07, 6.45) is 2.20. The second kappa shape index (κ2) is 7.37. The number of hydrogen-bond donors (Lipinski definition) is 3. The van der Waals surface area contributed by atoms with E-state index in [1.165, 1.54) is 11.1 Å². The quantitative estimate of drug-likeness (QED) is 0.529. The molecule has 98 valence electrons. The van der Waals surface area contributed by atoms with Crippen LogP contribution >= 0.6 is 0 Å². The van der Waals surface area contributed by atoms with Crippen molar-refractivity contribution >= 4 is 5.96 Å². The van der Waals surface area contributed by atoms with Gasteiger partial charge in [-0.1, -0.05) is 44.2 Å². The maximum absolute atomic E-state index is 5.76. The molecule has 1 aromatic carbocycles. The first-order valence-corrected chi connectivity index (χ1v) is 6.17. The maximum Gasteiger partial charge on any atom is 0.194 e. The molecule has 4 nitrogen and oxygen atoms in total. The summed E-state index contributed by atoms with van der Waals surface area (Å²) in [5.74, 6) is 1.01. The number of benzene rings is 1. The summed E-state index contributed by atoms with van der Waals surface area (Å²) in [5.41, 5.74) is 8.32. The van der Waals surface area contributed by atoms with E-state index in [1.807, 2.05) is 6.07 Å². The zero-order valence-corrected chi connectivity index (χ0v) is 11.2. The lowest BCUT2D eigenvalue weighted by Crippen LogP contribution is -2.35. The molecule has 0 aromatic heterocycles. The SMILES string of the molecule is C=C(NC)NC(N)=NCc1ccccc1CCC. The molecule has 0 aliphatic carbocycles. The highest BCUT2D eigenvalue weighted by Crippen LogP contribution is 2.12. The lowest BCUT2D eigenvalue weighted by atomic mass is 10.0. The van der Waals surface area contributed by atoms with E-state index in [9.17, 15) is 0 Å². The molecule has 0 aliphatic heterocycles. The van der Waals surface area contributed by atoms with Crippen LogP contribution in [0.4, 0.5) is 0 Å². The van der Waals surface area contributed by atoms with Crippen LogP contribution in [0.25, 0.3) is 0 Å². The van der Waals surface area contributed by atoms with Crippen LogP contribution in [0.15, 0.2) is 41.7 Å². The first-order chi connectivity index (χ1) is 8.67. The number of nitrogens with two attached hydrogens (primary N) is 1. The van der Waals surface area contributed by atoms with Gasteiger partial charge in [-0.25, -0.2) is 4.99 Å². The predicted molar refractivity (Wildman–Crippen MR) is 77.1 cm³/mol. The molecular formula is C14H22N4. The van der Waals surface area contributed by atoms with Gasteiger partial charge in [0.2, 0.25) is 0 Å². The van der Waals surface area contributed by atoms with E-state index in [2.05, 4.69) is 47.3 Å². The van der Waals surface area contributed by atoms with Crippen molar-refractivity contribution in [3.05, 3.63) is 47.8 Å². The molecule has 0 atom stereocenters. The minimum Gasteiger partial charge on any atom is -0.375 e. The average Bonchev–Trinajstić information content (AvgIpc) is 2.38. The molecule has 0 heterocycles. The molecule has 0 spiro atoms. The Balaban J connectivity index is 2.67. The molecule has 1 aromatic rings. The fraction of sp³-hybridized carbons (Fsp3) is 0.357. The van der Waals surface area contributed by atoms with E-state index in [4.69, 9.17) is 5.73 Å². The van der Waals surface area contributed by atoms with E-state index in [1.54, 1.807) is 7.05 Å². The van der Waals surface area contributed by atoms with Gasteiger partial charge in [-0.3, -0.25) is 0 Å². The molecule has 0 aliphatic rings. The number of aryl methyl sites for hydroxylation is 1. The first-order valence-electron chi connectivity index (χ1n) is 6.17. The molecule has 18 heavy (non-hydrogen) atoms. The van der Waals surface area contributed by atoms with Crippen LogP contribution in [-0.4, -0.2) is 13.0 Å². The second-order valence-corrected chi connectivity index (χ2v) is 4.07. The van der Waals surface area contributed by atoms with Gasteiger partial charge in [-0.2, -0.15) is 0 Å². The minimum absolute atomic E-state index is 0.376. The van der Waals surface area contributed by atoms with Gasteiger partial charge in [0.1, 0.15) is 0 Å². The number of aliphatic imine (C=N–C) groups is 1. The molecule has 4 heteroatoms. The fourth-order valence-corrected chi connectivity index (χ4v) is 1.65.